The van der Waals surface area contributed by atoms with Crippen molar-refractivity contribution in [1.82, 2.24) is 4.90 Å². The Labute approximate surface area is 121 Å². The van der Waals surface area contributed by atoms with Crippen LogP contribution in [0.15, 0.2) is 30.3 Å². The molecular weight excluding hydrogens is 250 g/mol. The smallest absolute Gasteiger partial charge is 0.306 e. The van der Waals surface area contributed by atoms with Crippen molar-refractivity contribution in [3.8, 4) is 0 Å². The molecule has 0 unspecified atom stereocenters. The van der Waals surface area contributed by atoms with Crippen molar-refractivity contribution in [3.05, 3.63) is 35.9 Å². The number of hydrogen-bond donors (Lipinski definition) is 0. The van der Waals surface area contributed by atoms with Gasteiger partial charge >= 0.3 is 5.97 Å². The highest BCUT2D eigenvalue weighted by molar-refractivity contribution is 5.69. The van der Waals surface area contributed by atoms with Gasteiger partial charge in [0, 0.05) is 31.3 Å². The Morgan fingerprint density at radius 2 is 2.00 bits per heavy atom. The molecule has 3 heteroatoms. The average Bonchev–Trinajstić information content (AvgIpc) is 2.45. The summed E-state index contributed by atoms with van der Waals surface area (Å²) in [7, 11) is 2.14. The zero-order valence-electron chi connectivity index (χ0n) is 12.9. The predicted molar refractivity (Wildman–Crippen MR) is 80.4 cm³/mol. The van der Waals surface area contributed by atoms with Crippen molar-refractivity contribution < 1.29 is 9.53 Å². The number of carbonyl (C=O) groups is 1. The standard InChI is InChI=1S/C17H25NO2/c1-5-16(19)20-17(15-9-7-6-8-10-15)11-14(3)18(4)12-13(17)2/h6-10,13-14H,5,11-12H2,1-4H3/t13-,14+,17+/m0/s1. The van der Waals surface area contributed by atoms with Crippen LogP contribution in [0.5, 0.6) is 0 Å². The lowest BCUT2D eigenvalue weighted by molar-refractivity contribution is -0.177. The number of esters is 1. The van der Waals surface area contributed by atoms with Crippen molar-refractivity contribution in [1.29, 1.82) is 0 Å². The third-order valence-electron chi connectivity index (χ3n) is 4.56. The minimum Gasteiger partial charge on any atom is -0.454 e. The van der Waals surface area contributed by atoms with Gasteiger partial charge in [0.2, 0.25) is 0 Å². The largest absolute Gasteiger partial charge is 0.454 e. The van der Waals surface area contributed by atoms with Gasteiger partial charge in [0.25, 0.3) is 0 Å². The normalized spacial score (nSPS) is 31.0. The van der Waals surface area contributed by atoms with E-state index in [-0.39, 0.29) is 11.9 Å². The summed E-state index contributed by atoms with van der Waals surface area (Å²) in [5.74, 6) is 0.166. The maximum atomic E-state index is 12.0. The molecule has 0 N–H and O–H groups in total. The van der Waals surface area contributed by atoms with E-state index in [9.17, 15) is 4.79 Å². The molecule has 20 heavy (non-hydrogen) atoms. The number of piperidine rings is 1. The van der Waals surface area contributed by atoms with Crippen LogP contribution in [0.3, 0.4) is 0 Å². The van der Waals surface area contributed by atoms with Gasteiger partial charge in [0.1, 0.15) is 5.60 Å². The minimum atomic E-state index is -0.486. The van der Waals surface area contributed by atoms with Crippen LogP contribution in [0.2, 0.25) is 0 Å². The molecule has 0 saturated carbocycles. The molecule has 1 fully saturated rings. The molecule has 3 nitrogen and oxygen atoms in total. The molecular formula is C17H25NO2. The minimum absolute atomic E-state index is 0.113. The van der Waals surface area contributed by atoms with E-state index < -0.39 is 5.60 Å². The summed E-state index contributed by atoms with van der Waals surface area (Å²) in [4.78, 5) is 14.3. The van der Waals surface area contributed by atoms with Gasteiger partial charge < -0.3 is 9.64 Å². The fraction of sp³-hybridized carbons (Fsp3) is 0.588. The second-order valence-electron chi connectivity index (χ2n) is 5.98. The Morgan fingerprint density at radius 3 is 2.60 bits per heavy atom. The summed E-state index contributed by atoms with van der Waals surface area (Å²) in [6, 6.07) is 10.6. The second-order valence-corrected chi connectivity index (χ2v) is 5.98. The molecule has 0 aliphatic carbocycles. The second kappa shape index (κ2) is 5.96. The molecule has 3 atom stereocenters. The molecule has 0 amide bonds. The maximum absolute atomic E-state index is 12.0. The molecule has 1 aliphatic rings. The van der Waals surface area contributed by atoms with E-state index in [4.69, 9.17) is 4.74 Å². The summed E-state index contributed by atoms with van der Waals surface area (Å²) in [5.41, 5.74) is 0.634. The van der Waals surface area contributed by atoms with Crippen molar-refractivity contribution >= 4 is 5.97 Å². The van der Waals surface area contributed by atoms with Crippen molar-refractivity contribution in [3.63, 3.8) is 0 Å². The van der Waals surface area contributed by atoms with Gasteiger partial charge in [0.05, 0.1) is 0 Å². The van der Waals surface area contributed by atoms with Gasteiger partial charge in [-0.1, -0.05) is 44.2 Å². The fourth-order valence-electron chi connectivity index (χ4n) is 3.15. The number of likely N-dealkylation sites (tertiary alicyclic amines) is 1. The van der Waals surface area contributed by atoms with Gasteiger partial charge in [-0.2, -0.15) is 0 Å². The molecule has 0 radical (unpaired) electrons. The first-order valence-electron chi connectivity index (χ1n) is 7.47. The molecule has 1 heterocycles. The lowest BCUT2D eigenvalue weighted by Gasteiger charge is -2.48. The first-order valence-corrected chi connectivity index (χ1v) is 7.47. The Hall–Kier alpha value is -1.35. The third kappa shape index (κ3) is 2.73. The number of carbonyl (C=O) groups excluding carboxylic acids is 1. The molecule has 0 spiro atoms. The zero-order chi connectivity index (χ0) is 14.8. The van der Waals surface area contributed by atoms with Crippen LogP contribution in [0.1, 0.15) is 39.2 Å². The van der Waals surface area contributed by atoms with E-state index in [1.807, 2.05) is 25.1 Å². The summed E-state index contributed by atoms with van der Waals surface area (Å²) in [6.07, 6.45) is 1.27. The van der Waals surface area contributed by atoms with Gasteiger partial charge in [-0.3, -0.25) is 4.79 Å². The molecule has 1 aromatic rings. The zero-order valence-corrected chi connectivity index (χ0v) is 12.9. The van der Waals surface area contributed by atoms with E-state index in [0.717, 1.165) is 18.5 Å². The van der Waals surface area contributed by atoms with Crippen molar-refractivity contribution in [2.75, 3.05) is 13.6 Å². The first kappa shape index (κ1) is 15.0. The van der Waals surface area contributed by atoms with E-state index in [0.29, 0.717) is 12.5 Å². The number of hydrogen-bond acceptors (Lipinski definition) is 3. The predicted octanol–water partition coefficient (Wildman–Crippen LogP) is 3.20. The Bertz CT molecular complexity index is 459. The molecule has 0 aromatic heterocycles. The summed E-state index contributed by atoms with van der Waals surface area (Å²) >= 11 is 0. The molecule has 1 aliphatic heterocycles. The summed E-state index contributed by atoms with van der Waals surface area (Å²) < 4.78 is 5.98. The summed E-state index contributed by atoms with van der Waals surface area (Å²) in [6.45, 7) is 7.17. The van der Waals surface area contributed by atoms with Crippen molar-refractivity contribution in [2.45, 2.75) is 45.3 Å². The Morgan fingerprint density at radius 1 is 1.35 bits per heavy atom. The van der Waals surface area contributed by atoms with Gasteiger partial charge in [0.15, 0.2) is 0 Å². The highest BCUT2D eigenvalue weighted by atomic mass is 16.6. The molecule has 110 valence electrons. The SMILES string of the molecule is CCC(=O)O[C@]1(c2ccccc2)C[C@@H](C)N(C)C[C@@H]1C. The van der Waals surface area contributed by atoms with E-state index in [1.54, 1.807) is 0 Å². The van der Waals surface area contributed by atoms with Crippen LogP contribution < -0.4 is 0 Å². The monoisotopic (exact) mass is 275 g/mol. The lowest BCUT2D eigenvalue weighted by Crippen LogP contribution is -2.53. The van der Waals surface area contributed by atoms with Gasteiger partial charge in [-0.25, -0.2) is 0 Å². The lowest BCUT2D eigenvalue weighted by atomic mass is 9.74. The first-order chi connectivity index (χ1) is 9.49. The number of rotatable bonds is 3. The van der Waals surface area contributed by atoms with E-state index in [1.165, 1.54) is 0 Å². The maximum Gasteiger partial charge on any atom is 0.306 e. The van der Waals surface area contributed by atoms with Crippen LogP contribution in [0, 0.1) is 5.92 Å². The molecule has 1 aromatic carbocycles. The Kier molecular flexibility index (Phi) is 4.48. The highest BCUT2D eigenvalue weighted by Gasteiger charge is 2.46. The van der Waals surface area contributed by atoms with E-state index in [2.05, 4.69) is 37.9 Å². The van der Waals surface area contributed by atoms with Gasteiger partial charge in [-0.05, 0) is 19.5 Å². The molecule has 1 saturated heterocycles. The summed E-state index contributed by atoms with van der Waals surface area (Å²) in [5, 5.41) is 0. The van der Waals surface area contributed by atoms with Crippen LogP contribution in [0.4, 0.5) is 0 Å². The van der Waals surface area contributed by atoms with Crippen LogP contribution in [-0.4, -0.2) is 30.5 Å². The average molecular weight is 275 g/mol. The molecule has 0 bridgehead atoms. The third-order valence-corrected chi connectivity index (χ3v) is 4.56. The molecule has 2 rings (SSSR count). The van der Waals surface area contributed by atoms with E-state index >= 15 is 0 Å². The highest BCUT2D eigenvalue weighted by Crippen LogP contribution is 2.43. The van der Waals surface area contributed by atoms with Crippen molar-refractivity contribution in [2.24, 2.45) is 5.92 Å². The number of ether oxygens (including phenoxy) is 1. The Balaban J connectivity index is 2.41. The van der Waals surface area contributed by atoms with Crippen LogP contribution in [-0.2, 0) is 15.1 Å². The number of nitrogens with zero attached hydrogens (tertiary/aromatic N) is 1. The fourth-order valence-corrected chi connectivity index (χ4v) is 3.15. The quantitative estimate of drug-likeness (QED) is 0.793. The van der Waals surface area contributed by atoms with Gasteiger partial charge in [-0.15, -0.1) is 0 Å². The number of benzene rings is 1. The topological polar surface area (TPSA) is 29.5 Å². The van der Waals surface area contributed by atoms with Crippen LogP contribution in [0.25, 0.3) is 0 Å². The van der Waals surface area contributed by atoms with Crippen LogP contribution >= 0.6 is 0 Å².